The highest BCUT2D eigenvalue weighted by molar-refractivity contribution is 6.29. The highest BCUT2D eigenvalue weighted by Gasteiger charge is 2.37. The van der Waals surface area contributed by atoms with Gasteiger partial charge in [-0.15, -0.1) is 0 Å². The van der Waals surface area contributed by atoms with Crippen molar-refractivity contribution in [3.8, 4) is 6.07 Å². The summed E-state index contributed by atoms with van der Waals surface area (Å²) in [5.41, 5.74) is 3.92. The topological polar surface area (TPSA) is 100 Å². The molecule has 0 bridgehead atoms. The Kier molecular flexibility index (Phi) is 6.45. The number of pyridine rings is 1. The molecule has 1 fully saturated rings. The number of nitrogens with zero attached hydrogens (tertiary/aromatic N) is 9. The number of hydrogen-bond donors (Lipinski definition) is 0. The van der Waals surface area contributed by atoms with Gasteiger partial charge in [-0.3, -0.25) is 14.4 Å². The van der Waals surface area contributed by atoms with Crippen LogP contribution in [0.3, 0.4) is 0 Å². The van der Waals surface area contributed by atoms with Gasteiger partial charge in [0.25, 0.3) is 5.56 Å². The molecular formula is C25H30ClN9O. The third-order valence-electron chi connectivity index (χ3n) is 7.43. The second kappa shape index (κ2) is 9.56. The Balaban J connectivity index is 1.51. The molecule has 4 aromatic rings. The maximum Gasteiger partial charge on any atom is 0.252 e. The number of anilines is 1. The van der Waals surface area contributed by atoms with Crippen molar-refractivity contribution in [2.45, 2.75) is 58.3 Å². The van der Waals surface area contributed by atoms with Crippen LogP contribution in [-0.4, -0.2) is 59.0 Å². The van der Waals surface area contributed by atoms with Crippen LogP contribution in [-0.2, 0) is 13.6 Å². The summed E-state index contributed by atoms with van der Waals surface area (Å²) in [6.45, 7) is 8.28. The number of nitriles is 1. The number of hydrogen-bond acceptors (Lipinski definition) is 7. The molecule has 0 amide bonds. The smallest absolute Gasteiger partial charge is 0.252 e. The van der Waals surface area contributed by atoms with Gasteiger partial charge >= 0.3 is 0 Å². The molecule has 1 aliphatic rings. The van der Waals surface area contributed by atoms with Gasteiger partial charge in [-0.25, -0.2) is 9.50 Å². The fourth-order valence-electron chi connectivity index (χ4n) is 5.32. The average molecular weight is 508 g/mol. The zero-order chi connectivity index (χ0) is 25.6. The Morgan fingerprint density at radius 2 is 1.97 bits per heavy atom. The lowest BCUT2D eigenvalue weighted by Gasteiger charge is -2.49. The number of piperazine rings is 1. The lowest BCUT2D eigenvalue weighted by molar-refractivity contribution is 0.0986. The van der Waals surface area contributed by atoms with Gasteiger partial charge in [0.05, 0.1) is 41.4 Å². The average Bonchev–Trinajstić information content (AvgIpc) is 3.48. The van der Waals surface area contributed by atoms with Crippen LogP contribution in [0.5, 0.6) is 0 Å². The molecule has 1 unspecified atom stereocenters. The Hall–Kier alpha value is -3.42. The quantitative estimate of drug-likeness (QED) is 0.394. The highest BCUT2D eigenvalue weighted by atomic mass is 35.5. The van der Waals surface area contributed by atoms with Crippen LogP contribution in [0.25, 0.3) is 16.7 Å². The van der Waals surface area contributed by atoms with Gasteiger partial charge in [0.15, 0.2) is 10.8 Å². The summed E-state index contributed by atoms with van der Waals surface area (Å²) in [4.78, 5) is 22.0. The van der Waals surface area contributed by atoms with Crippen LogP contribution in [0.1, 0.15) is 45.3 Å². The first-order valence-corrected chi connectivity index (χ1v) is 12.7. The van der Waals surface area contributed by atoms with Crippen molar-refractivity contribution in [2.75, 3.05) is 18.0 Å². The molecule has 0 saturated carbocycles. The van der Waals surface area contributed by atoms with Gasteiger partial charge in [0.1, 0.15) is 12.1 Å². The fourth-order valence-corrected chi connectivity index (χ4v) is 5.49. The van der Waals surface area contributed by atoms with Crippen molar-refractivity contribution in [3.63, 3.8) is 0 Å². The van der Waals surface area contributed by atoms with E-state index in [0.29, 0.717) is 5.15 Å². The Morgan fingerprint density at radius 3 is 2.69 bits per heavy atom. The van der Waals surface area contributed by atoms with E-state index in [9.17, 15) is 4.79 Å². The first kappa shape index (κ1) is 24.3. The molecule has 10 nitrogen and oxygen atoms in total. The largest absolute Gasteiger partial charge is 0.364 e. The molecule has 1 saturated heterocycles. The number of halogens is 1. The number of aromatic nitrogens is 6. The summed E-state index contributed by atoms with van der Waals surface area (Å²) in [5, 5.41) is 19.1. The molecule has 1 aliphatic heterocycles. The number of aryl methyl sites for hydroxylation is 1. The molecule has 5 heterocycles. The molecule has 0 radical (unpaired) electrons. The molecule has 188 valence electrons. The minimum absolute atomic E-state index is 0.0764. The third kappa shape index (κ3) is 4.02. The second-order valence-electron chi connectivity index (χ2n) is 9.40. The second-order valence-corrected chi connectivity index (χ2v) is 9.79. The molecule has 36 heavy (non-hydrogen) atoms. The van der Waals surface area contributed by atoms with Gasteiger partial charge in [0.2, 0.25) is 0 Å². The van der Waals surface area contributed by atoms with Crippen LogP contribution in [0.15, 0.2) is 35.4 Å². The van der Waals surface area contributed by atoms with E-state index in [1.165, 1.54) is 0 Å². The summed E-state index contributed by atoms with van der Waals surface area (Å²) < 4.78 is 4.88. The van der Waals surface area contributed by atoms with Gasteiger partial charge in [-0.05, 0) is 31.9 Å². The maximum absolute atomic E-state index is 12.9. The van der Waals surface area contributed by atoms with E-state index >= 15 is 0 Å². The molecule has 0 N–H and O–H groups in total. The van der Waals surface area contributed by atoms with Gasteiger partial charge in [-0.1, -0.05) is 25.4 Å². The van der Waals surface area contributed by atoms with Crippen molar-refractivity contribution in [1.82, 2.24) is 33.8 Å². The fraction of sp³-hybridized carbons (Fsp3) is 0.480. The molecule has 5 rings (SSSR count). The zero-order valence-corrected chi connectivity index (χ0v) is 21.7. The van der Waals surface area contributed by atoms with Crippen LogP contribution in [0, 0.1) is 11.3 Å². The molecule has 4 aromatic heterocycles. The van der Waals surface area contributed by atoms with Crippen LogP contribution in [0.2, 0.25) is 5.15 Å². The van der Waals surface area contributed by atoms with Crippen LogP contribution >= 0.6 is 11.6 Å². The van der Waals surface area contributed by atoms with E-state index in [-0.39, 0.29) is 30.2 Å². The lowest BCUT2D eigenvalue weighted by atomic mass is 9.98. The Morgan fingerprint density at radius 1 is 1.19 bits per heavy atom. The van der Waals surface area contributed by atoms with E-state index in [1.54, 1.807) is 39.3 Å². The van der Waals surface area contributed by atoms with E-state index in [1.807, 2.05) is 12.1 Å². The SMILES string of the molecule is CC[C@H]1CN(C(C)c2ccc3ncc(Cl)n3n2)[C@H](CC)CN1c1cc(=O)n(C)c2cn(CC#N)nc12. The number of rotatable bonds is 6. The summed E-state index contributed by atoms with van der Waals surface area (Å²) in [6, 6.07) is 8.31. The van der Waals surface area contributed by atoms with Crippen molar-refractivity contribution in [3.05, 3.63) is 51.8 Å². The predicted molar refractivity (Wildman–Crippen MR) is 139 cm³/mol. The van der Waals surface area contributed by atoms with E-state index < -0.39 is 0 Å². The van der Waals surface area contributed by atoms with Crippen LogP contribution in [0.4, 0.5) is 5.69 Å². The lowest BCUT2D eigenvalue weighted by Crippen LogP contribution is -2.59. The molecule has 0 spiro atoms. The minimum atomic E-state index is -0.0811. The molecule has 3 atom stereocenters. The Bertz CT molecular complexity index is 1510. The summed E-state index contributed by atoms with van der Waals surface area (Å²) >= 11 is 6.28. The summed E-state index contributed by atoms with van der Waals surface area (Å²) in [7, 11) is 1.75. The van der Waals surface area contributed by atoms with Crippen LogP contribution < -0.4 is 10.5 Å². The van der Waals surface area contributed by atoms with Crippen molar-refractivity contribution in [2.24, 2.45) is 7.05 Å². The van der Waals surface area contributed by atoms with Crippen molar-refractivity contribution in [1.29, 1.82) is 5.26 Å². The summed E-state index contributed by atoms with van der Waals surface area (Å²) in [6.07, 6.45) is 5.25. The van der Waals surface area contributed by atoms with Crippen molar-refractivity contribution >= 4 is 34.0 Å². The van der Waals surface area contributed by atoms with Crippen molar-refractivity contribution < 1.29 is 0 Å². The minimum Gasteiger partial charge on any atom is -0.364 e. The van der Waals surface area contributed by atoms with E-state index in [4.69, 9.17) is 22.0 Å². The zero-order valence-electron chi connectivity index (χ0n) is 21.0. The Labute approximate surface area is 214 Å². The normalized spacial score (nSPS) is 19.7. The predicted octanol–water partition coefficient (Wildman–Crippen LogP) is 3.40. The first-order chi connectivity index (χ1) is 17.4. The number of fused-ring (bicyclic) bond motifs is 2. The van der Waals surface area contributed by atoms with Gasteiger partial charge in [0, 0.05) is 38.3 Å². The third-order valence-corrected chi connectivity index (χ3v) is 7.69. The van der Waals surface area contributed by atoms with Gasteiger partial charge < -0.3 is 9.47 Å². The highest BCUT2D eigenvalue weighted by Crippen LogP contribution is 2.34. The monoisotopic (exact) mass is 507 g/mol. The van der Waals surface area contributed by atoms with Gasteiger partial charge in [-0.2, -0.15) is 15.5 Å². The molecular weight excluding hydrogens is 478 g/mol. The van der Waals surface area contributed by atoms with E-state index in [2.05, 4.69) is 46.7 Å². The van der Waals surface area contributed by atoms with E-state index in [0.717, 1.165) is 54.0 Å². The number of imidazole rings is 1. The first-order valence-electron chi connectivity index (χ1n) is 12.3. The molecule has 11 heteroatoms. The molecule has 0 aromatic carbocycles. The summed E-state index contributed by atoms with van der Waals surface area (Å²) in [5.74, 6) is 0. The maximum atomic E-state index is 12.9. The standard InChI is InChI=1S/C25H30ClN9O/c1-5-17-14-34(20-11-24(36)31(4)21-15-32(10-9-27)30-25(20)21)18(6-2)13-33(17)16(3)19-7-8-23-28-12-22(26)35(23)29-19/h7-8,11-12,15-18H,5-6,10,13-14H2,1-4H3/t16?,17-,18+/m1/s1. The molecule has 0 aliphatic carbocycles.